The highest BCUT2D eigenvalue weighted by Crippen LogP contribution is 2.48. The molecule has 0 aromatic carbocycles. The Kier molecular flexibility index (Phi) is 7.92. The van der Waals surface area contributed by atoms with E-state index in [2.05, 4.69) is 19.7 Å². The number of hydrogen-bond donors (Lipinski definition) is 0. The van der Waals surface area contributed by atoms with E-state index in [0.29, 0.717) is 6.61 Å². The summed E-state index contributed by atoms with van der Waals surface area (Å²) in [6.07, 6.45) is 1.67. The van der Waals surface area contributed by atoms with Crippen LogP contribution in [-0.2, 0) is 28.3 Å². The Morgan fingerprint density at radius 3 is 2.27 bits per heavy atom. The monoisotopic (exact) mass is 456 g/mol. The Balaban J connectivity index is 2.39. The molecule has 0 N–H and O–H groups in total. The number of ether oxygens (including phenoxy) is 1. The topological polar surface area (TPSA) is 93.2 Å². The Bertz CT molecular complexity index is 707. The summed E-state index contributed by atoms with van der Waals surface area (Å²) in [5, 5.41) is -0.577. The van der Waals surface area contributed by atoms with Crippen LogP contribution in [-0.4, -0.2) is 67.1 Å². The highest BCUT2D eigenvalue weighted by Gasteiger charge is 2.58. The van der Waals surface area contributed by atoms with Crippen molar-refractivity contribution in [1.29, 1.82) is 0 Å². The van der Waals surface area contributed by atoms with E-state index in [4.69, 9.17) is 9.16 Å². The van der Waals surface area contributed by atoms with Crippen LogP contribution in [0.4, 0.5) is 0 Å². The average molecular weight is 457 g/mol. The van der Waals surface area contributed by atoms with Gasteiger partial charge in [0.2, 0.25) is 17.7 Å². The van der Waals surface area contributed by atoms with Gasteiger partial charge in [-0.1, -0.05) is 26.8 Å². The normalized spacial score (nSPS) is 24.2. The van der Waals surface area contributed by atoms with Crippen molar-refractivity contribution in [3.05, 3.63) is 12.7 Å². The van der Waals surface area contributed by atoms with E-state index >= 15 is 0 Å². The Morgan fingerprint density at radius 1 is 1.27 bits per heavy atom. The minimum Gasteiger partial charge on any atom is -0.467 e. The first kappa shape index (κ1) is 24.6. The highest BCUT2D eigenvalue weighted by molar-refractivity contribution is 7.98. The van der Waals surface area contributed by atoms with E-state index in [-0.39, 0.29) is 41.9 Å². The summed E-state index contributed by atoms with van der Waals surface area (Å²) in [7, 11) is -0.0765. The molecule has 2 aliphatic heterocycles. The van der Waals surface area contributed by atoms with E-state index in [1.165, 1.54) is 18.1 Å². The fourth-order valence-electron chi connectivity index (χ4n) is 3.71. The second-order valence-electron chi connectivity index (χ2n) is 8.91. The maximum absolute atomic E-state index is 13.3. The Labute approximate surface area is 184 Å². The van der Waals surface area contributed by atoms with Gasteiger partial charge in [-0.25, -0.2) is 9.10 Å². The molecule has 30 heavy (non-hydrogen) atoms. The molecule has 2 heterocycles. The molecular weight excluding hydrogens is 424 g/mol. The van der Waals surface area contributed by atoms with Crippen molar-refractivity contribution in [1.82, 2.24) is 9.21 Å². The van der Waals surface area contributed by atoms with Crippen LogP contribution in [0.5, 0.6) is 0 Å². The van der Waals surface area contributed by atoms with Crippen LogP contribution in [0.2, 0.25) is 13.1 Å². The van der Waals surface area contributed by atoms with Gasteiger partial charge >= 0.3 is 5.97 Å². The summed E-state index contributed by atoms with van der Waals surface area (Å²) in [6.45, 7) is 14.3. The zero-order valence-electron chi connectivity index (χ0n) is 18.5. The zero-order chi connectivity index (χ0) is 22.8. The quantitative estimate of drug-likeness (QED) is 0.131. The molecule has 0 aliphatic carbocycles. The molecule has 0 radical (unpaired) electrons. The van der Waals surface area contributed by atoms with Gasteiger partial charge in [0.1, 0.15) is 11.4 Å². The number of nitrogens with zero attached hydrogens (tertiary/aromatic N) is 2. The van der Waals surface area contributed by atoms with Crippen LogP contribution >= 0.6 is 11.9 Å². The second kappa shape index (κ2) is 9.65. The standard InChI is InChI=1S/C20H32N2O6SSi/c1-8-13(19(26)27-5)21-17(25)16(12(20(2,3)4)11-28-30(6)7)18(21)29-22-14(23)9-10-15(22)24/h8,12-13,16,18,30H,1,9-11H2,2-7H3/t12-,13?,16+,18-/m1/s1. The molecule has 2 aliphatic rings. The van der Waals surface area contributed by atoms with Crippen molar-refractivity contribution in [2.75, 3.05) is 13.7 Å². The van der Waals surface area contributed by atoms with Crippen molar-refractivity contribution < 1.29 is 28.3 Å². The summed E-state index contributed by atoms with van der Waals surface area (Å²) >= 11 is 1.02. The van der Waals surface area contributed by atoms with Crippen LogP contribution in [0.25, 0.3) is 0 Å². The van der Waals surface area contributed by atoms with E-state index in [1.54, 1.807) is 0 Å². The highest BCUT2D eigenvalue weighted by atomic mass is 32.2. The van der Waals surface area contributed by atoms with Crippen LogP contribution < -0.4 is 0 Å². The summed E-state index contributed by atoms with van der Waals surface area (Å²) in [5.41, 5.74) is -0.261. The van der Waals surface area contributed by atoms with Crippen molar-refractivity contribution in [2.24, 2.45) is 17.3 Å². The molecular formula is C20H32N2O6SSi. The van der Waals surface area contributed by atoms with E-state index in [9.17, 15) is 19.2 Å². The molecule has 0 spiro atoms. The first-order chi connectivity index (χ1) is 13.9. The maximum Gasteiger partial charge on any atom is 0.332 e. The molecule has 168 valence electrons. The number of carbonyl (C=O) groups is 4. The summed E-state index contributed by atoms with van der Waals surface area (Å²) in [4.78, 5) is 51.4. The molecule has 2 fully saturated rings. The van der Waals surface area contributed by atoms with Gasteiger partial charge in [-0.05, 0) is 30.5 Å². The van der Waals surface area contributed by atoms with Gasteiger partial charge < -0.3 is 14.1 Å². The predicted octanol–water partition coefficient (Wildman–Crippen LogP) is 1.96. The molecule has 0 aromatic heterocycles. The molecule has 2 saturated heterocycles. The van der Waals surface area contributed by atoms with Crippen LogP contribution in [0.1, 0.15) is 33.6 Å². The SMILES string of the molecule is C=CC(C(=O)OC)N1C(=O)[C@H]([C@@H](CO[SiH](C)C)C(C)(C)C)[C@H]1SN1C(=O)CCC1=O. The van der Waals surface area contributed by atoms with Crippen molar-refractivity contribution in [3.63, 3.8) is 0 Å². The van der Waals surface area contributed by atoms with Crippen LogP contribution in [0.3, 0.4) is 0 Å². The molecule has 1 unspecified atom stereocenters. The average Bonchev–Trinajstić information content (AvgIpc) is 2.98. The van der Waals surface area contributed by atoms with Gasteiger partial charge in [0, 0.05) is 25.4 Å². The van der Waals surface area contributed by atoms with Crippen LogP contribution in [0, 0.1) is 17.3 Å². The lowest BCUT2D eigenvalue weighted by Crippen LogP contribution is -2.68. The lowest BCUT2D eigenvalue weighted by molar-refractivity contribution is -0.169. The summed E-state index contributed by atoms with van der Waals surface area (Å²) < 4.78 is 11.9. The number of carbonyl (C=O) groups excluding carboxylic acids is 4. The summed E-state index contributed by atoms with van der Waals surface area (Å²) in [5.74, 6) is -2.06. The summed E-state index contributed by atoms with van der Waals surface area (Å²) in [6, 6.07) is -0.981. The first-order valence-electron chi connectivity index (χ1n) is 10.1. The molecule has 3 amide bonds. The number of amides is 3. The molecule has 2 rings (SSSR count). The fourth-order valence-corrected chi connectivity index (χ4v) is 5.71. The van der Waals surface area contributed by atoms with E-state index < -0.39 is 32.3 Å². The third-order valence-corrected chi connectivity index (χ3v) is 7.67. The lowest BCUT2D eigenvalue weighted by Gasteiger charge is -2.54. The smallest absolute Gasteiger partial charge is 0.332 e. The molecule has 0 saturated carbocycles. The number of methoxy groups -OCH3 is 1. The number of imide groups is 1. The van der Waals surface area contributed by atoms with Crippen molar-refractivity contribution in [2.45, 2.75) is 58.1 Å². The molecule has 4 atom stereocenters. The Morgan fingerprint density at radius 2 is 1.83 bits per heavy atom. The molecule has 0 bridgehead atoms. The second-order valence-corrected chi connectivity index (χ2v) is 12.4. The largest absolute Gasteiger partial charge is 0.467 e. The van der Waals surface area contributed by atoms with Gasteiger partial charge in [0.15, 0.2) is 9.04 Å². The van der Waals surface area contributed by atoms with E-state index in [1.807, 2.05) is 20.8 Å². The zero-order valence-corrected chi connectivity index (χ0v) is 20.5. The van der Waals surface area contributed by atoms with Gasteiger partial charge in [-0.3, -0.25) is 14.4 Å². The first-order valence-corrected chi connectivity index (χ1v) is 13.7. The molecule has 10 heteroatoms. The number of likely N-dealkylation sites (tertiary alicyclic amines) is 1. The van der Waals surface area contributed by atoms with Crippen molar-refractivity contribution in [3.8, 4) is 0 Å². The van der Waals surface area contributed by atoms with Gasteiger partial charge in [-0.15, -0.1) is 6.58 Å². The minimum absolute atomic E-state index is 0.149. The predicted molar refractivity (Wildman–Crippen MR) is 117 cm³/mol. The molecule has 0 aromatic rings. The number of rotatable bonds is 9. The Hall–Kier alpha value is -1.65. The molecule has 8 nitrogen and oxygen atoms in total. The van der Waals surface area contributed by atoms with Crippen LogP contribution in [0.15, 0.2) is 12.7 Å². The number of β-lactam (4-membered cyclic amide) rings is 1. The number of hydrogen-bond acceptors (Lipinski definition) is 7. The van der Waals surface area contributed by atoms with Gasteiger partial charge in [0.05, 0.1) is 13.0 Å². The van der Waals surface area contributed by atoms with Crippen molar-refractivity contribution >= 4 is 44.7 Å². The lowest BCUT2D eigenvalue weighted by atomic mass is 9.69. The van der Waals surface area contributed by atoms with E-state index in [0.717, 1.165) is 16.3 Å². The van der Waals surface area contributed by atoms with Gasteiger partial charge in [0.25, 0.3) is 0 Å². The third-order valence-electron chi connectivity index (χ3n) is 5.46. The number of esters is 1. The van der Waals surface area contributed by atoms with Gasteiger partial charge in [-0.2, -0.15) is 0 Å². The third kappa shape index (κ3) is 4.97. The maximum atomic E-state index is 13.3. The minimum atomic E-state index is -1.32. The fraction of sp³-hybridized carbons (Fsp3) is 0.700.